The minimum absolute atomic E-state index is 0.622. The van der Waals surface area contributed by atoms with Gasteiger partial charge in [-0.15, -0.1) is 0 Å². The Balaban J connectivity index is 5.49. The normalized spacial score (nSPS) is 16.4. The quantitative estimate of drug-likeness (QED) is 0.371. The molecule has 1 atom stereocenters. The molecule has 2 nitrogen and oxygen atoms in total. The summed E-state index contributed by atoms with van der Waals surface area (Å²) < 4.78 is 92.5. The van der Waals surface area contributed by atoms with Crippen LogP contribution in [0.3, 0.4) is 0 Å². The number of carbonyl (C=O) groups is 1. The molecule has 0 aliphatic rings. The molecule has 0 heterocycles. The van der Waals surface area contributed by atoms with Crippen molar-refractivity contribution >= 4 is 5.97 Å². The van der Waals surface area contributed by atoms with E-state index >= 15 is 0 Å². The first-order chi connectivity index (χ1) is 10.3. The fourth-order valence-electron chi connectivity index (χ4n) is 1.76. The van der Waals surface area contributed by atoms with E-state index in [2.05, 4.69) is 4.74 Å². The van der Waals surface area contributed by atoms with E-state index in [1.54, 1.807) is 34.6 Å². The second-order valence-electron chi connectivity index (χ2n) is 7.03. The standard InChI is InChI=1S/C15H21F7O2/c1-9(2)7-12(6,11(3,4)5)10(23)24-8-13(16,17)14(18,19)15(20,21)22/h7H,8H2,1-6H3. The second kappa shape index (κ2) is 6.55. The predicted molar refractivity (Wildman–Crippen MR) is 73.9 cm³/mol. The maximum absolute atomic E-state index is 13.2. The van der Waals surface area contributed by atoms with Crippen molar-refractivity contribution in [2.45, 2.75) is 59.6 Å². The number of hydrogen-bond donors (Lipinski definition) is 0. The molecule has 0 amide bonds. The Morgan fingerprint density at radius 1 is 0.917 bits per heavy atom. The van der Waals surface area contributed by atoms with Crippen LogP contribution in [-0.2, 0) is 9.53 Å². The molecular formula is C15H21F7O2. The molecule has 0 saturated heterocycles. The van der Waals surface area contributed by atoms with Gasteiger partial charge in [0.15, 0.2) is 6.61 Å². The number of hydrogen-bond acceptors (Lipinski definition) is 2. The van der Waals surface area contributed by atoms with Crippen molar-refractivity contribution in [3.63, 3.8) is 0 Å². The predicted octanol–water partition coefficient (Wildman–Crippen LogP) is 5.38. The van der Waals surface area contributed by atoms with Crippen LogP contribution in [0.2, 0.25) is 0 Å². The summed E-state index contributed by atoms with van der Waals surface area (Å²) in [6, 6.07) is 0. The lowest BCUT2D eigenvalue weighted by atomic mass is 9.67. The highest BCUT2D eigenvalue weighted by atomic mass is 19.4. The lowest BCUT2D eigenvalue weighted by Gasteiger charge is -2.38. The van der Waals surface area contributed by atoms with Crippen LogP contribution < -0.4 is 0 Å². The second-order valence-corrected chi connectivity index (χ2v) is 7.03. The lowest BCUT2D eigenvalue weighted by Crippen LogP contribution is -2.55. The zero-order valence-electron chi connectivity index (χ0n) is 14.2. The van der Waals surface area contributed by atoms with Gasteiger partial charge in [0.2, 0.25) is 0 Å². The molecule has 0 spiro atoms. The molecule has 24 heavy (non-hydrogen) atoms. The van der Waals surface area contributed by atoms with Crippen molar-refractivity contribution in [2.75, 3.05) is 6.61 Å². The van der Waals surface area contributed by atoms with Gasteiger partial charge in [-0.1, -0.05) is 32.4 Å². The zero-order chi connectivity index (χ0) is 19.8. The molecule has 0 bridgehead atoms. The summed E-state index contributed by atoms with van der Waals surface area (Å²) in [5.41, 5.74) is -1.73. The highest BCUT2D eigenvalue weighted by molar-refractivity contribution is 5.80. The van der Waals surface area contributed by atoms with Gasteiger partial charge in [-0.3, -0.25) is 4.79 Å². The van der Waals surface area contributed by atoms with Crippen LogP contribution in [0.25, 0.3) is 0 Å². The monoisotopic (exact) mass is 366 g/mol. The van der Waals surface area contributed by atoms with E-state index in [-0.39, 0.29) is 0 Å². The maximum Gasteiger partial charge on any atom is 0.460 e. The number of ether oxygens (including phenoxy) is 1. The van der Waals surface area contributed by atoms with Crippen LogP contribution in [-0.4, -0.2) is 30.6 Å². The summed E-state index contributed by atoms with van der Waals surface area (Å²) in [5.74, 6) is -13.2. The van der Waals surface area contributed by atoms with Crippen molar-refractivity contribution in [3.05, 3.63) is 11.6 Å². The summed E-state index contributed by atoms with van der Waals surface area (Å²) in [5, 5.41) is 0. The van der Waals surface area contributed by atoms with E-state index in [1.807, 2.05) is 0 Å². The molecule has 1 unspecified atom stereocenters. The molecule has 0 aliphatic heterocycles. The van der Waals surface area contributed by atoms with Crippen molar-refractivity contribution in [2.24, 2.45) is 10.8 Å². The van der Waals surface area contributed by atoms with Gasteiger partial charge in [-0.25, -0.2) is 0 Å². The Morgan fingerprint density at radius 2 is 1.33 bits per heavy atom. The van der Waals surface area contributed by atoms with Crippen LogP contribution in [0.5, 0.6) is 0 Å². The Kier molecular flexibility index (Phi) is 6.20. The molecule has 142 valence electrons. The lowest BCUT2D eigenvalue weighted by molar-refractivity contribution is -0.360. The van der Waals surface area contributed by atoms with Crippen molar-refractivity contribution in [3.8, 4) is 0 Å². The Bertz CT molecular complexity index is 497. The van der Waals surface area contributed by atoms with E-state index < -0.39 is 41.4 Å². The summed E-state index contributed by atoms with van der Waals surface area (Å²) in [6.07, 6.45) is -5.06. The van der Waals surface area contributed by atoms with Gasteiger partial charge in [0.05, 0.1) is 5.41 Å². The minimum atomic E-state index is -6.46. The molecular weight excluding hydrogens is 345 g/mol. The summed E-state index contributed by atoms with van der Waals surface area (Å²) in [7, 11) is 0. The van der Waals surface area contributed by atoms with Gasteiger partial charge >= 0.3 is 24.0 Å². The first-order valence-electron chi connectivity index (χ1n) is 6.95. The van der Waals surface area contributed by atoms with Gasteiger partial charge in [-0.05, 0) is 26.2 Å². The molecule has 0 saturated carbocycles. The Labute approximate surface area is 136 Å². The van der Waals surface area contributed by atoms with Crippen molar-refractivity contribution in [1.29, 1.82) is 0 Å². The number of allylic oxidation sites excluding steroid dienone is 1. The molecule has 0 N–H and O–H groups in total. The third kappa shape index (κ3) is 4.42. The van der Waals surface area contributed by atoms with Crippen LogP contribution in [0.1, 0.15) is 41.5 Å². The van der Waals surface area contributed by atoms with Crippen LogP contribution in [0.15, 0.2) is 11.6 Å². The maximum atomic E-state index is 13.2. The molecule has 0 aliphatic carbocycles. The largest absolute Gasteiger partial charge is 0.460 e. The van der Waals surface area contributed by atoms with E-state index in [4.69, 9.17) is 0 Å². The molecule has 0 aromatic heterocycles. The van der Waals surface area contributed by atoms with Crippen molar-refractivity contribution in [1.82, 2.24) is 0 Å². The molecule has 0 rings (SSSR count). The van der Waals surface area contributed by atoms with E-state index in [9.17, 15) is 35.5 Å². The Hall–Kier alpha value is -1.28. The zero-order valence-corrected chi connectivity index (χ0v) is 14.2. The topological polar surface area (TPSA) is 26.3 Å². The molecule has 0 aromatic rings. The van der Waals surface area contributed by atoms with Crippen LogP contribution in [0.4, 0.5) is 30.7 Å². The van der Waals surface area contributed by atoms with E-state index in [0.29, 0.717) is 5.57 Å². The number of alkyl halides is 7. The molecule has 0 fully saturated rings. The highest BCUT2D eigenvalue weighted by Gasteiger charge is 2.73. The summed E-state index contributed by atoms with van der Waals surface area (Å²) >= 11 is 0. The van der Waals surface area contributed by atoms with Crippen LogP contribution >= 0.6 is 0 Å². The number of halogens is 7. The van der Waals surface area contributed by atoms with Crippen molar-refractivity contribution < 1.29 is 40.3 Å². The third-order valence-electron chi connectivity index (χ3n) is 3.76. The first-order valence-corrected chi connectivity index (χ1v) is 6.95. The average Bonchev–Trinajstić information content (AvgIpc) is 2.31. The number of esters is 1. The van der Waals surface area contributed by atoms with E-state index in [0.717, 1.165) is 0 Å². The van der Waals surface area contributed by atoms with E-state index in [1.165, 1.54) is 13.0 Å². The van der Waals surface area contributed by atoms with Gasteiger partial charge in [0.1, 0.15) is 0 Å². The average molecular weight is 366 g/mol. The molecule has 9 heteroatoms. The smallest absolute Gasteiger partial charge is 0.458 e. The fraction of sp³-hybridized carbons (Fsp3) is 0.800. The van der Waals surface area contributed by atoms with Gasteiger partial charge < -0.3 is 4.74 Å². The SMILES string of the molecule is CC(C)=CC(C)(C(=O)OCC(F)(F)C(F)(F)C(F)(F)F)C(C)(C)C. The van der Waals surface area contributed by atoms with Gasteiger partial charge in [0, 0.05) is 0 Å². The molecule has 0 aromatic carbocycles. The Morgan fingerprint density at radius 3 is 1.62 bits per heavy atom. The highest BCUT2D eigenvalue weighted by Crippen LogP contribution is 2.47. The third-order valence-corrected chi connectivity index (χ3v) is 3.76. The fourth-order valence-corrected chi connectivity index (χ4v) is 1.76. The van der Waals surface area contributed by atoms with Crippen LogP contribution in [0, 0.1) is 10.8 Å². The summed E-state index contributed by atoms with van der Waals surface area (Å²) in [4.78, 5) is 12.1. The first kappa shape index (κ1) is 22.7. The minimum Gasteiger partial charge on any atom is -0.458 e. The van der Waals surface area contributed by atoms with Gasteiger partial charge in [0.25, 0.3) is 0 Å². The molecule has 0 radical (unpaired) electrons. The summed E-state index contributed by atoms with van der Waals surface area (Å²) in [6.45, 7) is 6.93. The number of rotatable bonds is 5. The van der Waals surface area contributed by atoms with Gasteiger partial charge in [-0.2, -0.15) is 30.7 Å². The number of carbonyl (C=O) groups excluding carboxylic acids is 1.